The highest BCUT2D eigenvalue weighted by Crippen LogP contribution is 2.33. The number of thiol groups is 2. The van der Waals surface area contributed by atoms with Gasteiger partial charge in [-0.25, -0.2) is 0 Å². The van der Waals surface area contributed by atoms with Gasteiger partial charge in [0.1, 0.15) is 0 Å². The lowest BCUT2D eigenvalue weighted by atomic mass is 10.1. The summed E-state index contributed by atoms with van der Waals surface area (Å²) >= 11 is 8.49. The van der Waals surface area contributed by atoms with Crippen LogP contribution in [0.25, 0.3) is 0 Å². The predicted molar refractivity (Wildman–Crippen MR) is 67.2 cm³/mol. The van der Waals surface area contributed by atoms with E-state index < -0.39 is 0 Å². The van der Waals surface area contributed by atoms with Crippen LogP contribution in [0.15, 0.2) is 22.5 Å². The highest BCUT2D eigenvalue weighted by molar-refractivity contribution is 7.81. The highest BCUT2D eigenvalue weighted by Gasteiger charge is 2.41. The summed E-state index contributed by atoms with van der Waals surface area (Å²) in [7, 11) is 0. The number of hydrogen-bond donors (Lipinski definition) is 4. The summed E-state index contributed by atoms with van der Waals surface area (Å²) < 4.78 is 0. The maximum absolute atomic E-state index is 11.8. The van der Waals surface area contributed by atoms with E-state index in [9.17, 15) is 9.59 Å². The number of nitrogens with one attached hydrogen (secondary N) is 2. The van der Waals surface area contributed by atoms with Gasteiger partial charge in [0, 0.05) is 21.9 Å². The molecular weight excluding hydrogens is 244 g/mol. The zero-order valence-electron chi connectivity index (χ0n) is 8.87. The minimum absolute atomic E-state index is 0.184. The van der Waals surface area contributed by atoms with Crippen molar-refractivity contribution in [2.45, 2.75) is 24.3 Å². The summed E-state index contributed by atoms with van der Waals surface area (Å²) in [5.41, 5.74) is 1.99. The molecule has 0 aromatic rings. The third-order valence-corrected chi connectivity index (χ3v) is 3.09. The van der Waals surface area contributed by atoms with Gasteiger partial charge < -0.3 is 10.6 Å². The van der Waals surface area contributed by atoms with Gasteiger partial charge in [0.2, 0.25) is 0 Å². The van der Waals surface area contributed by atoms with Crippen molar-refractivity contribution in [2.75, 3.05) is 0 Å². The Bertz CT molecular complexity index is 408. The van der Waals surface area contributed by atoms with Crippen molar-refractivity contribution in [1.29, 1.82) is 0 Å². The summed E-state index contributed by atoms with van der Waals surface area (Å²) in [6, 6.07) is 0. The first-order valence-electron chi connectivity index (χ1n) is 4.91. The van der Waals surface area contributed by atoms with Crippen molar-refractivity contribution >= 4 is 37.1 Å². The first-order chi connectivity index (χ1) is 7.43. The summed E-state index contributed by atoms with van der Waals surface area (Å²) in [5, 5.41) is 5.00. The average molecular weight is 256 g/mol. The average Bonchev–Trinajstić information content (AvgIpc) is 2.67. The van der Waals surface area contributed by atoms with E-state index in [-0.39, 0.29) is 22.3 Å². The van der Waals surface area contributed by atoms with Crippen molar-refractivity contribution in [3.8, 4) is 0 Å². The van der Waals surface area contributed by atoms with Crippen LogP contribution in [0.2, 0.25) is 0 Å². The molecule has 2 unspecified atom stereocenters. The number of amides is 2. The van der Waals surface area contributed by atoms with Gasteiger partial charge >= 0.3 is 0 Å². The van der Waals surface area contributed by atoms with Crippen LogP contribution in [0.5, 0.6) is 0 Å². The minimum Gasteiger partial charge on any atom is -0.324 e. The molecule has 2 amide bonds. The summed E-state index contributed by atoms with van der Waals surface area (Å²) in [6.45, 7) is 3.62. The predicted octanol–water partition coefficient (Wildman–Crippen LogP) is 0.391. The summed E-state index contributed by atoms with van der Waals surface area (Å²) in [6.07, 6.45) is 0. The topological polar surface area (TPSA) is 58.2 Å². The van der Waals surface area contributed by atoms with E-state index in [1.54, 1.807) is 0 Å². The molecule has 2 aliphatic heterocycles. The van der Waals surface area contributed by atoms with Gasteiger partial charge in [-0.2, -0.15) is 25.3 Å². The number of fused-ring (bicyclic) bond motifs is 1. The Hall–Kier alpha value is -0.880. The summed E-state index contributed by atoms with van der Waals surface area (Å²) in [5.74, 6) is -0.500. The molecule has 0 saturated carbocycles. The molecule has 0 bridgehead atoms. The highest BCUT2D eigenvalue weighted by atomic mass is 32.1. The van der Waals surface area contributed by atoms with Gasteiger partial charge in [-0.15, -0.1) is 0 Å². The maximum atomic E-state index is 11.8. The van der Waals surface area contributed by atoms with E-state index in [1.165, 1.54) is 0 Å². The van der Waals surface area contributed by atoms with Crippen LogP contribution >= 0.6 is 25.3 Å². The SMILES string of the molecule is CC(S)C1=C2C(=O)NC(C(C)S)=C2C(=O)N1. The van der Waals surface area contributed by atoms with Crippen molar-refractivity contribution in [3.63, 3.8) is 0 Å². The van der Waals surface area contributed by atoms with Gasteiger partial charge in [0.25, 0.3) is 11.8 Å². The molecule has 2 N–H and O–H groups in total. The van der Waals surface area contributed by atoms with Crippen molar-refractivity contribution in [3.05, 3.63) is 22.5 Å². The molecule has 0 aliphatic carbocycles. The molecule has 0 aromatic heterocycles. The van der Waals surface area contributed by atoms with Gasteiger partial charge in [-0.05, 0) is 13.8 Å². The first-order valence-corrected chi connectivity index (χ1v) is 5.94. The summed E-state index contributed by atoms with van der Waals surface area (Å²) in [4.78, 5) is 23.5. The lowest BCUT2D eigenvalue weighted by Gasteiger charge is -2.09. The van der Waals surface area contributed by atoms with Crippen LogP contribution in [0.1, 0.15) is 13.8 Å². The van der Waals surface area contributed by atoms with E-state index in [2.05, 4.69) is 35.9 Å². The van der Waals surface area contributed by atoms with E-state index in [0.717, 1.165) is 0 Å². The Morgan fingerprint density at radius 1 is 0.875 bits per heavy atom. The lowest BCUT2D eigenvalue weighted by molar-refractivity contribution is -0.117. The van der Waals surface area contributed by atoms with E-state index >= 15 is 0 Å². The number of carbonyl (C=O) groups excluding carboxylic acids is 2. The van der Waals surface area contributed by atoms with E-state index in [1.807, 2.05) is 13.8 Å². The maximum Gasteiger partial charge on any atom is 0.258 e. The Morgan fingerprint density at radius 3 is 1.44 bits per heavy atom. The van der Waals surface area contributed by atoms with Crippen LogP contribution in [0.3, 0.4) is 0 Å². The van der Waals surface area contributed by atoms with Crippen LogP contribution in [0, 0.1) is 0 Å². The quantitative estimate of drug-likeness (QED) is 0.540. The monoisotopic (exact) mass is 256 g/mol. The molecule has 6 heteroatoms. The molecular formula is C10H12N2O2S2. The van der Waals surface area contributed by atoms with Crippen LogP contribution in [0.4, 0.5) is 0 Å². The van der Waals surface area contributed by atoms with Crippen molar-refractivity contribution < 1.29 is 9.59 Å². The van der Waals surface area contributed by atoms with Crippen LogP contribution in [-0.4, -0.2) is 22.3 Å². The van der Waals surface area contributed by atoms with Gasteiger partial charge in [0.15, 0.2) is 0 Å². The zero-order valence-corrected chi connectivity index (χ0v) is 10.7. The van der Waals surface area contributed by atoms with Crippen molar-refractivity contribution in [2.24, 2.45) is 0 Å². The second-order valence-electron chi connectivity index (χ2n) is 3.84. The Balaban J connectivity index is 2.59. The second kappa shape index (κ2) is 3.85. The minimum atomic E-state index is -0.250. The van der Waals surface area contributed by atoms with Crippen LogP contribution in [-0.2, 0) is 9.59 Å². The molecule has 4 nitrogen and oxygen atoms in total. The number of hydrogen-bond acceptors (Lipinski definition) is 4. The Morgan fingerprint density at radius 2 is 1.19 bits per heavy atom. The molecule has 2 rings (SSSR count). The molecule has 86 valence electrons. The normalized spacial score (nSPS) is 23.2. The molecule has 2 heterocycles. The van der Waals surface area contributed by atoms with E-state index in [4.69, 9.17) is 0 Å². The Kier molecular flexibility index (Phi) is 2.79. The smallest absolute Gasteiger partial charge is 0.258 e. The molecule has 2 aliphatic rings. The molecule has 0 radical (unpaired) electrons. The third-order valence-electron chi connectivity index (χ3n) is 2.57. The van der Waals surface area contributed by atoms with Crippen LogP contribution < -0.4 is 10.6 Å². The second-order valence-corrected chi connectivity index (χ2v) is 5.39. The molecule has 0 aromatic carbocycles. The fraction of sp³-hybridized carbons (Fsp3) is 0.400. The number of rotatable bonds is 2. The lowest BCUT2D eigenvalue weighted by Crippen LogP contribution is -2.27. The molecule has 2 atom stereocenters. The molecule has 0 saturated heterocycles. The van der Waals surface area contributed by atoms with E-state index in [0.29, 0.717) is 22.5 Å². The molecule has 16 heavy (non-hydrogen) atoms. The largest absolute Gasteiger partial charge is 0.324 e. The fourth-order valence-corrected chi connectivity index (χ4v) is 2.25. The molecule has 0 spiro atoms. The molecule has 0 fully saturated rings. The first kappa shape index (κ1) is 11.6. The van der Waals surface area contributed by atoms with Gasteiger partial charge in [-0.1, -0.05) is 0 Å². The standard InChI is InChI=1S/C10H12N2O2S2/c1-3(15)7-5-6(10(14)11-7)8(4(2)16)12-9(5)13/h3-4,15-16H,1-2H3,(H,11,14)(H,12,13). The zero-order chi connectivity index (χ0) is 12.0. The number of carbonyl (C=O) groups is 2. The fourth-order valence-electron chi connectivity index (χ4n) is 1.86. The third kappa shape index (κ3) is 1.56. The van der Waals surface area contributed by atoms with Gasteiger partial charge in [0.05, 0.1) is 11.1 Å². The van der Waals surface area contributed by atoms with Crippen molar-refractivity contribution in [1.82, 2.24) is 10.6 Å². The van der Waals surface area contributed by atoms with Gasteiger partial charge in [-0.3, -0.25) is 9.59 Å². The Labute approximate surface area is 104 Å².